The van der Waals surface area contributed by atoms with E-state index in [1.165, 1.54) is 6.92 Å². The predicted molar refractivity (Wildman–Crippen MR) is 274 cm³/mol. The highest BCUT2D eigenvalue weighted by Crippen LogP contribution is 2.31. The molecule has 79 heavy (non-hydrogen) atoms. The number of carbonyl (C=O) groups is 12. The molecule has 0 aliphatic rings. The van der Waals surface area contributed by atoms with Crippen LogP contribution >= 0.6 is 0 Å². The molecule has 0 spiro atoms. The molecule has 0 atom stereocenters. The second-order valence-corrected chi connectivity index (χ2v) is 16.1. The smallest absolute Gasteiger partial charge is 0.411 e. The summed E-state index contributed by atoms with van der Waals surface area (Å²) in [5.41, 5.74) is -6.21. The quantitative estimate of drug-likeness (QED) is 0.0482. The van der Waals surface area contributed by atoms with Gasteiger partial charge in [-0.3, -0.25) is 16.0 Å². The van der Waals surface area contributed by atoms with Crippen molar-refractivity contribution in [1.29, 1.82) is 0 Å². The Morgan fingerprint density at radius 2 is 0.481 bits per heavy atom. The van der Waals surface area contributed by atoms with Crippen molar-refractivity contribution >= 4 is 89.1 Å². The SMILES string of the molecule is C=CC(=O)OCC(COC(=O)C=C)(COC(=O)C=C)COC(=O)Nc1cc(NC(=O)OCC(COC(=O)C=C)(COC(=O)C=C)COC(=O)C=C)c(C)c(NC(=O)OCC(COC(=O)C=C)(COC(=O)C=C)COC(=O)C=C)c1. The number of nitrogens with one attached hydrogen (secondary N) is 3. The molecule has 3 N–H and O–H groups in total. The van der Waals surface area contributed by atoms with Crippen LogP contribution in [0.4, 0.5) is 31.4 Å². The number of benzene rings is 1. The van der Waals surface area contributed by atoms with Gasteiger partial charge in [0.25, 0.3) is 0 Å². The number of amides is 3. The maximum Gasteiger partial charge on any atom is 0.411 e. The molecular weight excluding hydrogens is 1050 g/mol. The van der Waals surface area contributed by atoms with Gasteiger partial charge in [-0.05, 0) is 24.6 Å². The fourth-order valence-corrected chi connectivity index (χ4v) is 5.45. The third kappa shape index (κ3) is 25.3. The number of rotatable bonds is 36. The molecule has 426 valence electrons. The van der Waals surface area contributed by atoms with E-state index in [9.17, 15) is 57.5 Å². The number of carbonyl (C=O) groups excluding carboxylic acids is 12. The summed E-state index contributed by atoms with van der Waals surface area (Å²) in [7, 11) is 0. The summed E-state index contributed by atoms with van der Waals surface area (Å²) < 4.78 is 62.8. The lowest BCUT2D eigenvalue weighted by atomic mass is 9.92. The minimum atomic E-state index is -1.80. The minimum Gasteiger partial charge on any atom is -0.462 e. The summed E-state index contributed by atoms with van der Waals surface area (Å²) in [5.74, 6) is -8.76. The summed E-state index contributed by atoms with van der Waals surface area (Å²) in [6.07, 6.45) is 3.20. The van der Waals surface area contributed by atoms with Crippen molar-refractivity contribution in [2.75, 3.05) is 95.2 Å². The molecule has 0 saturated heterocycles. The lowest BCUT2D eigenvalue weighted by molar-refractivity contribution is -0.161. The lowest BCUT2D eigenvalue weighted by Gasteiger charge is -2.31. The topological polar surface area (TPSA) is 352 Å². The summed E-state index contributed by atoms with van der Waals surface area (Å²) in [6.45, 7) is 22.3. The summed E-state index contributed by atoms with van der Waals surface area (Å²) in [4.78, 5) is 150. The molecule has 0 aliphatic heterocycles. The predicted octanol–water partition coefficient (Wildman–Crippen LogP) is 4.16. The van der Waals surface area contributed by atoms with Gasteiger partial charge in [-0.25, -0.2) is 57.5 Å². The van der Waals surface area contributed by atoms with Crippen molar-refractivity contribution in [1.82, 2.24) is 0 Å². The van der Waals surface area contributed by atoms with Gasteiger partial charge in [0.2, 0.25) is 0 Å². The Balaban J connectivity index is 3.95. The molecule has 0 radical (unpaired) electrons. The van der Waals surface area contributed by atoms with Gasteiger partial charge in [0.15, 0.2) is 0 Å². The van der Waals surface area contributed by atoms with Gasteiger partial charge >= 0.3 is 72.0 Å². The van der Waals surface area contributed by atoms with E-state index in [0.29, 0.717) is 0 Å². The molecule has 0 saturated carbocycles. The van der Waals surface area contributed by atoms with Gasteiger partial charge in [0.05, 0.1) is 11.4 Å². The van der Waals surface area contributed by atoms with Crippen molar-refractivity contribution < 1.29 is 114 Å². The number of hydrogen-bond donors (Lipinski definition) is 3. The van der Waals surface area contributed by atoms with Crippen LogP contribution in [0.2, 0.25) is 0 Å². The summed E-state index contributed by atoms with van der Waals surface area (Å²) in [6, 6.07) is 2.23. The van der Waals surface area contributed by atoms with Crippen LogP contribution in [0.3, 0.4) is 0 Å². The molecule has 1 aromatic rings. The van der Waals surface area contributed by atoms with Crippen LogP contribution in [0.5, 0.6) is 0 Å². The molecule has 3 amide bonds. The van der Waals surface area contributed by atoms with Gasteiger partial charge in [-0.1, -0.05) is 59.2 Å². The molecule has 0 unspecified atom stereocenters. The first kappa shape index (κ1) is 66.9. The lowest BCUT2D eigenvalue weighted by Crippen LogP contribution is -2.44. The Kier molecular flexibility index (Phi) is 29.2. The molecule has 27 nitrogen and oxygen atoms in total. The van der Waals surface area contributed by atoms with Crippen molar-refractivity contribution in [2.45, 2.75) is 6.92 Å². The zero-order valence-corrected chi connectivity index (χ0v) is 43.0. The van der Waals surface area contributed by atoms with E-state index in [0.717, 1.165) is 66.8 Å². The van der Waals surface area contributed by atoms with Crippen LogP contribution in [0.1, 0.15) is 5.56 Å². The number of ether oxygens (including phenoxy) is 12. The number of hydrogen-bond acceptors (Lipinski definition) is 24. The highest BCUT2D eigenvalue weighted by Gasteiger charge is 2.40. The Labute approximate surface area is 452 Å². The molecule has 0 heterocycles. The van der Waals surface area contributed by atoms with E-state index in [-0.39, 0.29) is 22.6 Å². The fraction of sp³-hybridized carbons (Fsp3) is 0.308. The molecule has 0 aromatic heterocycles. The van der Waals surface area contributed by atoms with Crippen LogP contribution in [-0.4, -0.2) is 151 Å². The highest BCUT2D eigenvalue weighted by molar-refractivity contribution is 5.95. The number of anilines is 3. The van der Waals surface area contributed by atoms with Crippen molar-refractivity contribution in [3.8, 4) is 0 Å². The van der Waals surface area contributed by atoms with Crippen molar-refractivity contribution in [3.63, 3.8) is 0 Å². The van der Waals surface area contributed by atoms with E-state index in [2.05, 4.69) is 75.2 Å². The summed E-state index contributed by atoms with van der Waals surface area (Å²) in [5, 5.41) is 7.13. The molecule has 0 bridgehead atoms. The van der Waals surface area contributed by atoms with E-state index < -0.39 is 168 Å². The first-order valence-corrected chi connectivity index (χ1v) is 22.5. The van der Waals surface area contributed by atoms with Gasteiger partial charge < -0.3 is 56.8 Å². The maximum absolute atomic E-state index is 13.7. The third-order valence-electron chi connectivity index (χ3n) is 9.84. The zero-order valence-electron chi connectivity index (χ0n) is 43.0. The molecule has 0 aliphatic carbocycles. The van der Waals surface area contributed by atoms with Gasteiger partial charge in [-0.2, -0.15) is 0 Å². The van der Waals surface area contributed by atoms with E-state index in [4.69, 9.17) is 56.8 Å². The first-order chi connectivity index (χ1) is 37.4. The second-order valence-electron chi connectivity index (χ2n) is 16.1. The van der Waals surface area contributed by atoms with Gasteiger partial charge in [0.1, 0.15) is 95.5 Å². The standard InChI is InChI=1S/C52H59N3O24/c1-11-38(56)68-22-50(23-69-39(57)12-2,24-70-40(58)13-3)31-77-47(65)53-35-20-36(54-48(66)78-32-51(25-71-41(59)14-4,26-72-42(60)15-5)27-73-43(61)16-6)34(10)37(21-35)55-49(67)79-33-52(28-74-44(62)17-7,29-75-45(63)18-8)30-76-46(64)19-9/h11-21H,1-9,22-33H2,10H3,(H,53,65)(H,54,66)(H,55,67). The molecule has 27 heteroatoms. The monoisotopic (exact) mass is 1110 g/mol. The molecule has 0 fully saturated rings. The Bertz CT molecular complexity index is 2250. The van der Waals surface area contributed by atoms with E-state index in [1.807, 2.05) is 0 Å². The Hall–Kier alpha value is -10.1. The van der Waals surface area contributed by atoms with Gasteiger partial charge in [-0.15, -0.1) is 0 Å². The largest absolute Gasteiger partial charge is 0.462 e. The average Bonchev–Trinajstić information content (AvgIpc) is 3.46. The highest BCUT2D eigenvalue weighted by atomic mass is 16.6. The third-order valence-corrected chi connectivity index (χ3v) is 9.84. The van der Waals surface area contributed by atoms with E-state index in [1.54, 1.807) is 0 Å². The molecule has 1 aromatic carbocycles. The van der Waals surface area contributed by atoms with Crippen LogP contribution in [0, 0.1) is 23.2 Å². The van der Waals surface area contributed by atoms with Crippen LogP contribution in [0.25, 0.3) is 0 Å². The minimum absolute atomic E-state index is 0.0130. The van der Waals surface area contributed by atoms with Crippen LogP contribution in [-0.2, 0) is 100.0 Å². The van der Waals surface area contributed by atoms with Gasteiger partial charge in [0, 0.05) is 60.4 Å². The molecular formula is C52H59N3O24. The van der Waals surface area contributed by atoms with Crippen molar-refractivity contribution in [2.24, 2.45) is 16.2 Å². The fourth-order valence-electron chi connectivity index (χ4n) is 5.45. The maximum atomic E-state index is 13.7. The normalized spacial score (nSPS) is 10.5. The number of esters is 9. The van der Waals surface area contributed by atoms with Crippen LogP contribution < -0.4 is 16.0 Å². The first-order valence-electron chi connectivity index (χ1n) is 22.5. The second kappa shape index (κ2) is 34.5. The average molecular weight is 1110 g/mol. The Morgan fingerprint density at radius 1 is 0.316 bits per heavy atom. The molecule has 1 rings (SSSR count). The Morgan fingerprint density at radius 3 is 0.658 bits per heavy atom. The zero-order chi connectivity index (χ0) is 59.6. The van der Waals surface area contributed by atoms with Crippen LogP contribution in [0.15, 0.2) is 126 Å². The summed E-state index contributed by atoms with van der Waals surface area (Å²) >= 11 is 0. The van der Waals surface area contributed by atoms with E-state index >= 15 is 0 Å². The van der Waals surface area contributed by atoms with Crippen molar-refractivity contribution in [3.05, 3.63) is 132 Å².